The van der Waals surface area contributed by atoms with Crippen LogP contribution in [0.15, 0.2) is 35.7 Å². The first-order chi connectivity index (χ1) is 13.5. The van der Waals surface area contributed by atoms with Gasteiger partial charge in [0, 0.05) is 53.2 Å². The number of rotatable bonds is 5. The summed E-state index contributed by atoms with van der Waals surface area (Å²) in [7, 11) is 5.78. The minimum atomic E-state index is 0. The molecule has 0 atom stereocenters. The van der Waals surface area contributed by atoms with Gasteiger partial charge in [0.1, 0.15) is 12.4 Å². The molecule has 1 aliphatic heterocycles. The van der Waals surface area contributed by atoms with Crippen LogP contribution < -0.4 is 15.1 Å². The van der Waals surface area contributed by atoms with E-state index in [4.69, 9.17) is 4.99 Å². The van der Waals surface area contributed by atoms with Crippen molar-refractivity contribution >= 4 is 47.3 Å². The Balaban J connectivity index is 0.00000300. The maximum atomic E-state index is 12.7. The van der Waals surface area contributed by atoms with E-state index < -0.39 is 0 Å². The molecule has 0 unspecified atom stereocenters. The van der Waals surface area contributed by atoms with Crippen molar-refractivity contribution in [2.24, 2.45) is 12.0 Å². The molecule has 2 aromatic rings. The van der Waals surface area contributed by atoms with Gasteiger partial charge in [0.25, 0.3) is 0 Å². The van der Waals surface area contributed by atoms with E-state index in [1.165, 1.54) is 0 Å². The summed E-state index contributed by atoms with van der Waals surface area (Å²) >= 11 is 0. The third-order valence-corrected chi connectivity index (χ3v) is 4.54. The van der Waals surface area contributed by atoms with Gasteiger partial charge in [-0.2, -0.15) is 5.10 Å². The quantitative estimate of drug-likeness (QED) is 0.370. The summed E-state index contributed by atoms with van der Waals surface area (Å²) in [4.78, 5) is 27.5. The van der Waals surface area contributed by atoms with Gasteiger partial charge in [0.2, 0.25) is 5.91 Å². The molecule has 29 heavy (non-hydrogen) atoms. The molecule has 3 heterocycles. The van der Waals surface area contributed by atoms with E-state index in [-0.39, 0.29) is 29.9 Å². The van der Waals surface area contributed by atoms with E-state index in [2.05, 4.69) is 15.4 Å². The minimum Gasteiger partial charge on any atom is -0.363 e. The number of halogens is 1. The Morgan fingerprint density at radius 2 is 2.14 bits per heavy atom. The number of piperazine rings is 1. The molecule has 2 aromatic heterocycles. The van der Waals surface area contributed by atoms with Gasteiger partial charge in [-0.05, 0) is 24.6 Å². The first-order valence-corrected chi connectivity index (χ1v) is 9.42. The second-order valence-corrected chi connectivity index (χ2v) is 6.93. The van der Waals surface area contributed by atoms with Crippen molar-refractivity contribution in [1.29, 1.82) is 0 Å². The lowest BCUT2D eigenvalue weighted by atomic mass is 10.2. The zero-order chi connectivity index (χ0) is 20.1. The molecule has 1 fully saturated rings. The molecular formula is C19H29IN8O. The van der Waals surface area contributed by atoms with E-state index >= 15 is 0 Å². The van der Waals surface area contributed by atoms with E-state index in [0.717, 1.165) is 29.6 Å². The summed E-state index contributed by atoms with van der Waals surface area (Å²) in [6.07, 6.45) is 5.38. The number of aryl methyl sites for hydroxylation is 1. The molecule has 0 saturated carbocycles. The molecule has 0 aliphatic carbocycles. The second kappa shape index (κ2) is 10.4. The number of amides is 1. The largest absolute Gasteiger partial charge is 0.363 e. The molecule has 1 N–H and O–H groups in total. The fraction of sp³-hybridized carbons (Fsp3) is 0.474. The molecule has 10 heteroatoms. The van der Waals surface area contributed by atoms with E-state index in [0.29, 0.717) is 26.2 Å². The van der Waals surface area contributed by atoms with Crippen LogP contribution in [0.5, 0.6) is 0 Å². The molecule has 1 aliphatic rings. The standard InChI is InChI=1S/C19H28N8O.HI/c1-5-20-19(22-11-15-6-7-21-17(10-15)24(2)3)26-8-9-27(18(28)14-26)16-12-23-25(4)13-16;/h6-7,10,12-13H,5,8-9,11,14H2,1-4H3,(H,20,22);1H. The smallest absolute Gasteiger partial charge is 0.246 e. The number of aliphatic imine (C=N–C) groups is 1. The van der Waals surface area contributed by atoms with Crippen molar-refractivity contribution in [3.63, 3.8) is 0 Å². The Morgan fingerprint density at radius 1 is 1.34 bits per heavy atom. The molecule has 158 valence electrons. The molecule has 1 amide bonds. The Morgan fingerprint density at radius 3 is 2.76 bits per heavy atom. The van der Waals surface area contributed by atoms with Crippen LogP contribution in [0.1, 0.15) is 12.5 Å². The number of nitrogens with zero attached hydrogens (tertiary/aromatic N) is 7. The Labute approximate surface area is 188 Å². The molecule has 1 saturated heterocycles. The monoisotopic (exact) mass is 512 g/mol. The van der Waals surface area contributed by atoms with Gasteiger partial charge < -0.3 is 20.0 Å². The van der Waals surface area contributed by atoms with Crippen LogP contribution in [0.3, 0.4) is 0 Å². The number of aromatic nitrogens is 3. The average Bonchev–Trinajstić information content (AvgIpc) is 3.11. The van der Waals surface area contributed by atoms with E-state index in [1.54, 1.807) is 22.0 Å². The number of carbonyl (C=O) groups excluding carboxylic acids is 1. The number of pyridine rings is 1. The normalized spacial score (nSPS) is 14.6. The average molecular weight is 512 g/mol. The summed E-state index contributed by atoms with van der Waals surface area (Å²) in [5.74, 6) is 1.70. The van der Waals surface area contributed by atoms with E-state index in [9.17, 15) is 4.79 Å². The number of hydrogen-bond donors (Lipinski definition) is 1. The molecule has 0 spiro atoms. The Bertz CT molecular complexity index is 850. The summed E-state index contributed by atoms with van der Waals surface area (Å²) < 4.78 is 1.71. The molecule has 9 nitrogen and oxygen atoms in total. The van der Waals surface area contributed by atoms with Crippen LogP contribution in [0.4, 0.5) is 11.5 Å². The van der Waals surface area contributed by atoms with Crippen molar-refractivity contribution < 1.29 is 4.79 Å². The van der Waals surface area contributed by atoms with Crippen LogP contribution in [-0.4, -0.2) is 71.8 Å². The summed E-state index contributed by atoms with van der Waals surface area (Å²) in [5.41, 5.74) is 1.91. The number of guanidine groups is 1. The first-order valence-electron chi connectivity index (χ1n) is 9.42. The van der Waals surface area contributed by atoms with Crippen molar-refractivity contribution in [2.75, 3.05) is 50.1 Å². The molecule has 0 aromatic carbocycles. The van der Waals surface area contributed by atoms with Gasteiger partial charge in [-0.3, -0.25) is 9.48 Å². The fourth-order valence-electron chi connectivity index (χ4n) is 3.07. The van der Waals surface area contributed by atoms with Crippen LogP contribution in [0.25, 0.3) is 0 Å². The van der Waals surface area contributed by atoms with Crippen LogP contribution in [-0.2, 0) is 18.4 Å². The van der Waals surface area contributed by atoms with Gasteiger partial charge in [0.15, 0.2) is 5.96 Å². The zero-order valence-corrected chi connectivity index (χ0v) is 19.7. The van der Waals surface area contributed by atoms with Gasteiger partial charge >= 0.3 is 0 Å². The summed E-state index contributed by atoms with van der Waals surface area (Å²) in [5, 5.41) is 7.46. The van der Waals surface area contributed by atoms with Gasteiger partial charge in [-0.1, -0.05) is 0 Å². The molecule has 0 bridgehead atoms. The highest BCUT2D eigenvalue weighted by Crippen LogP contribution is 2.16. The molecule has 0 radical (unpaired) electrons. The van der Waals surface area contributed by atoms with Gasteiger partial charge in [-0.25, -0.2) is 9.98 Å². The van der Waals surface area contributed by atoms with Gasteiger partial charge in [-0.15, -0.1) is 24.0 Å². The number of hydrogen-bond acceptors (Lipinski definition) is 5. The number of anilines is 2. The predicted molar refractivity (Wildman–Crippen MR) is 126 cm³/mol. The summed E-state index contributed by atoms with van der Waals surface area (Å²) in [6, 6.07) is 3.99. The maximum Gasteiger partial charge on any atom is 0.246 e. The third-order valence-electron chi connectivity index (χ3n) is 4.54. The van der Waals surface area contributed by atoms with Crippen LogP contribution >= 0.6 is 24.0 Å². The topological polar surface area (TPSA) is 81.9 Å². The summed E-state index contributed by atoms with van der Waals surface area (Å²) in [6.45, 7) is 4.92. The Kier molecular flexibility index (Phi) is 8.23. The number of nitrogens with one attached hydrogen (secondary N) is 1. The predicted octanol–water partition coefficient (Wildman–Crippen LogP) is 1.31. The van der Waals surface area contributed by atoms with Crippen LogP contribution in [0, 0.1) is 0 Å². The van der Waals surface area contributed by atoms with Crippen LogP contribution in [0.2, 0.25) is 0 Å². The first kappa shape index (κ1) is 22.9. The fourth-order valence-corrected chi connectivity index (χ4v) is 3.07. The molecule has 3 rings (SSSR count). The molecular weight excluding hydrogens is 483 g/mol. The second-order valence-electron chi connectivity index (χ2n) is 6.93. The van der Waals surface area contributed by atoms with Crippen molar-refractivity contribution in [3.05, 3.63) is 36.3 Å². The zero-order valence-electron chi connectivity index (χ0n) is 17.4. The Hall–Kier alpha value is -2.37. The maximum absolute atomic E-state index is 12.7. The van der Waals surface area contributed by atoms with Crippen molar-refractivity contribution in [1.82, 2.24) is 25.0 Å². The highest BCUT2D eigenvalue weighted by Gasteiger charge is 2.27. The lowest BCUT2D eigenvalue weighted by Gasteiger charge is -2.35. The highest BCUT2D eigenvalue weighted by molar-refractivity contribution is 14.0. The minimum absolute atomic E-state index is 0. The lowest BCUT2D eigenvalue weighted by molar-refractivity contribution is -0.120. The van der Waals surface area contributed by atoms with Crippen molar-refractivity contribution in [2.45, 2.75) is 13.5 Å². The van der Waals surface area contributed by atoms with E-state index in [1.807, 2.05) is 56.2 Å². The SMILES string of the molecule is CCNC(=NCc1ccnc(N(C)C)c1)N1CCN(c2cnn(C)c2)C(=O)C1.I. The highest BCUT2D eigenvalue weighted by atomic mass is 127. The van der Waals surface area contributed by atoms with Gasteiger partial charge in [0.05, 0.1) is 18.4 Å². The van der Waals surface area contributed by atoms with Crippen molar-refractivity contribution in [3.8, 4) is 0 Å². The number of carbonyl (C=O) groups is 1. The third kappa shape index (κ3) is 5.81. The lowest BCUT2D eigenvalue weighted by Crippen LogP contribution is -2.55.